The van der Waals surface area contributed by atoms with Gasteiger partial charge in [0.05, 0.1) is 6.54 Å². The molecule has 0 bridgehead atoms. The van der Waals surface area contributed by atoms with Crippen LogP contribution in [0.2, 0.25) is 0 Å². The molecule has 0 saturated heterocycles. The lowest BCUT2D eigenvalue weighted by Gasteiger charge is -2.14. The van der Waals surface area contributed by atoms with E-state index in [0.717, 1.165) is 6.54 Å². The largest absolute Gasteiger partial charge is 0.279 e. The fraction of sp³-hybridized carbons (Fsp3) is 1.00. The zero-order valence-electron chi connectivity index (χ0n) is 6.63. The van der Waals surface area contributed by atoms with Crippen molar-refractivity contribution in [1.29, 1.82) is 0 Å². The van der Waals surface area contributed by atoms with Gasteiger partial charge in [-0.05, 0) is 20.8 Å². The maximum atomic E-state index is 3.90. The molecule has 0 unspecified atom stereocenters. The molecule has 0 aliphatic rings. The molecule has 0 heterocycles. The maximum Gasteiger partial charge on any atom is 0.0592 e. The van der Waals surface area contributed by atoms with Crippen LogP contribution in [-0.4, -0.2) is 24.6 Å². The molecule has 0 saturated carbocycles. The van der Waals surface area contributed by atoms with Crippen molar-refractivity contribution in [3.05, 3.63) is 0 Å². The Morgan fingerprint density at radius 3 is 2.33 bits per heavy atom. The Kier molecular flexibility index (Phi) is 4.01. The highest BCUT2D eigenvalue weighted by Gasteiger charge is 1.95. The molecule has 9 heavy (non-hydrogen) atoms. The van der Waals surface area contributed by atoms with Gasteiger partial charge >= 0.3 is 0 Å². The van der Waals surface area contributed by atoms with Crippen LogP contribution in [0.3, 0.4) is 0 Å². The van der Waals surface area contributed by atoms with Gasteiger partial charge in [-0.25, -0.2) is 0 Å². The second kappa shape index (κ2) is 4.30. The number of rotatable bonds is 3. The van der Waals surface area contributed by atoms with E-state index in [9.17, 15) is 0 Å². The minimum atomic E-state index is 0.445. The quantitative estimate of drug-likeness (QED) is 0.421. The number of hydrogen-bond donors (Lipinski definition) is 0. The monoisotopic (exact) mass is 129 g/mol. The van der Waals surface area contributed by atoms with E-state index in [1.807, 2.05) is 19.0 Å². The summed E-state index contributed by atoms with van der Waals surface area (Å²) < 4.78 is 0. The van der Waals surface area contributed by atoms with E-state index in [1.54, 1.807) is 0 Å². The minimum absolute atomic E-state index is 0.445. The molecule has 0 aromatic rings. The summed E-state index contributed by atoms with van der Waals surface area (Å²) in [5.41, 5.74) is 0. The van der Waals surface area contributed by atoms with E-state index in [-0.39, 0.29) is 0 Å². The summed E-state index contributed by atoms with van der Waals surface area (Å²) in [6.45, 7) is 6.89. The predicted octanol–water partition coefficient (Wildman–Crippen LogP) is 1.71. The molecule has 0 aliphatic heterocycles. The summed E-state index contributed by atoms with van der Waals surface area (Å²) >= 11 is 0. The average Bonchev–Trinajstić information content (AvgIpc) is 1.82. The summed E-state index contributed by atoms with van der Waals surface area (Å²) in [4.78, 5) is 0. The molecule has 0 aliphatic carbocycles. The van der Waals surface area contributed by atoms with E-state index < -0.39 is 0 Å². The van der Waals surface area contributed by atoms with Crippen LogP contribution >= 0.6 is 0 Å². The molecule has 0 rings (SSSR count). The van der Waals surface area contributed by atoms with Crippen LogP contribution < -0.4 is 0 Å². The van der Waals surface area contributed by atoms with E-state index in [2.05, 4.69) is 24.2 Å². The Morgan fingerprint density at radius 2 is 2.00 bits per heavy atom. The first-order valence-corrected chi connectivity index (χ1v) is 3.28. The fourth-order valence-corrected chi connectivity index (χ4v) is 0.266. The van der Waals surface area contributed by atoms with Crippen molar-refractivity contribution >= 4 is 0 Å². The van der Waals surface area contributed by atoms with Crippen molar-refractivity contribution in [1.82, 2.24) is 5.01 Å². The highest BCUT2D eigenvalue weighted by molar-refractivity contribution is 4.46. The third kappa shape index (κ3) is 3.94. The van der Waals surface area contributed by atoms with Crippen molar-refractivity contribution in [3.63, 3.8) is 0 Å². The van der Waals surface area contributed by atoms with Gasteiger partial charge in [0.1, 0.15) is 0 Å². The van der Waals surface area contributed by atoms with Crippen LogP contribution in [0.4, 0.5) is 0 Å². The minimum Gasteiger partial charge on any atom is -0.279 e. The zero-order chi connectivity index (χ0) is 7.28. The lowest BCUT2D eigenvalue weighted by molar-refractivity contribution is 0.266. The van der Waals surface area contributed by atoms with Crippen LogP contribution in [0.5, 0.6) is 0 Å². The van der Waals surface area contributed by atoms with Gasteiger partial charge in [0.2, 0.25) is 0 Å². The summed E-state index contributed by atoms with van der Waals surface area (Å²) in [5, 5.41) is 9.58. The summed E-state index contributed by atoms with van der Waals surface area (Å²) in [6, 6.07) is 0.445. The van der Waals surface area contributed by atoms with Gasteiger partial charge in [0, 0.05) is 13.1 Å². The second-order valence-electron chi connectivity index (χ2n) is 2.21. The smallest absolute Gasteiger partial charge is 0.0592 e. The number of hydrogen-bond acceptors (Lipinski definition) is 2. The van der Waals surface area contributed by atoms with Gasteiger partial charge in [0.25, 0.3) is 0 Å². The molecule has 0 aromatic heterocycles. The first-order valence-electron chi connectivity index (χ1n) is 3.28. The normalized spacial score (nSPS) is 11.2. The third-order valence-corrected chi connectivity index (χ3v) is 1.09. The first-order chi connectivity index (χ1) is 4.18. The van der Waals surface area contributed by atoms with Crippen LogP contribution in [0.25, 0.3) is 0 Å². The summed E-state index contributed by atoms with van der Waals surface area (Å²) in [5.74, 6) is 0. The average molecular weight is 129 g/mol. The van der Waals surface area contributed by atoms with Gasteiger partial charge in [0.15, 0.2) is 0 Å². The Labute approximate surface area is 56.7 Å². The topological polar surface area (TPSA) is 28.0 Å². The molecule has 3 nitrogen and oxygen atoms in total. The van der Waals surface area contributed by atoms with Gasteiger partial charge in [-0.15, -0.1) is 0 Å². The van der Waals surface area contributed by atoms with Crippen LogP contribution in [-0.2, 0) is 0 Å². The lowest BCUT2D eigenvalue weighted by Crippen LogP contribution is -2.19. The molecule has 0 atom stereocenters. The van der Waals surface area contributed by atoms with Crippen LogP contribution in [0, 0.1) is 0 Å². The van der Waals surface area contributed by atoms with Crippen molar-refractivity contribution in [2.24, 2.45) is 10.3 Å². The zero-order valence-corrected chi connectivity index (χ0v) is 6.63. The Bertz CT molecular complexity index is 88.3. The molecule has 0 fully saturated rings. The van der Waals surface area contributed by atoms with Gasteiger partial charge in [-0.2, -0.15) is 5.11 Å². The van der Waals surface area contributed by atoms with E-state index >= 15 is 0 Å². The van der Waals surface area contributed by atoms with E-state index in [4.69, 9.17) is 0 Å². The molecule has 0 amide bonds. The molecule has 54 valence electrons. The van der Waals surface area contributed by atoms with Crippen molar-refractivity contribution < 1.29 is 0 Å². The maximum absolute atomic E-state index is 3.90. The van der Waals surface area contributed by atoms with Gasteiger partial charge < -0.3 is 0 Å². The molecular formula is C6H15N3. The SMILES string of the molecule is CC/N=N\N(C)C(C)C. The van der Waals surface area contributed by atoms with Crippen LogP contribution in [0.15, 0.2) is 10.3 Å². The Balaban J connectivity index is 3.48. The fourth-order valence-electron chi connectivity index (χ4n) is 0.266. The lowest BCUT2D eigenvalue weighted by atomic mass is 10.4. The summed E-state index contributed by atoms with van der Waals surface area (Å²) in [6.07, 6.45) is 0. The van der Waals surface area contributed by atoms with Crippen molar-refractivity contribution in [2.45, 2.75) is 26.8 Å². The molecular weight excluding hydrogens is 114 g/mol. The van der Waals surface area contributed by atoms with Crippen molar-refractivity contribution in [2.75, 3.05) is 13.6 Å². The molecule has 0 N–H and O–H groups in total. The second-order valence-corrected chi connectivity index (χ2v) is 2.21. The predicted molar refractivity (Wildman–Crippen MR) is 38.3 cm³/mol. The molecule has 0 radical (unpaired) electrons. The Hall–Kier alpha value is -0.600. The van der Waals surface area contributed by atoms with E-state index in [1.165, 1.54) is 0 Å². The highest BCUT2D eigenvalue weighted by atomic mass is 15.5. The molecule has 0 aromatic carbocycles. The van der Waals surface area contributed by atoms with Gasteiger partial charge in [-0.1, -0.05) is 5.22 Å². The first kappa shape index (κ1) is 8.40. The Morgan fingerprint density at radius 1 is 1.44 bits per heavy atom. The van der Waals surface area contributed by atoms with Gasteiger partial charge in [-0.3, -0.25) is 5.01 Å². The van der Waals surface area contributed by atoms with E-state index in [0.29, 0.717) is 6.04 Å². The summed E-state index contributed by atoms with van der Waals surface area (Å²) in [7, 11) is 1.92. The number of nitrogens with zero attached hydrogens (tertiary/aromatic N) is 3. The standard InChI is InChI=1S/C6H15N3/c1-5-7-8-9(4)6(2)3/h6H,5H2,1-4H3/b8-7-. The van der Waals surface area contributed by atoms with Crippen LogP contribution in [0.1, 0.15) is 20.8 Å². The highest BCUT2D eigenvalue weighted by Crippen LogP contribution is 1.93. The molecule has 0 spiro atoms. The molecule has 3 heteroatoms. The van der Waals surface area contributed by atoms with Crippen molar-refractivity contribution in [3.8, 4) is 0 Å². The third-order valence-electron chi connectivity index (χ3n) is 1.09.